The standard InChI is InChI=1S/C24H27F3N4O/c1-6-19-20(16(3)28-18-8-10-30(4)11-9-18)14-21(17-7-12-31(5)22(32)13-17)29-23(19)15(2)24(25,26)27/h6-7,12-14,18,28H,1-3,8-11H2,4-5H3. The fraction of sp³-hybridized carbons (Fsp3) is 0.333. The first kappa shape index (κ1) is 23.5. The predicted octanol–water partition coefficient (Wildman–Crippen LogP) is 4.32. The van der Waals surface area contributed by atoms with Gasteiger partial charge in [0.05, 0.1) is 17.0 Å². The van der Waals surface area contributed by atoms with E-state index in [4.69, 9.17) is 0 Å². The number of hydrogen-bond acceptors (Lipinski definition) is 4. The summed E-state index contributed by atoms with van der Waals surface area (Å²) in [4.78, 5) is 18.6. The van der Waals surface area contributed by atoms with Crippen molar-refractivity contribution >= 4 is 17.3 Å². The Kier molecular flexibility index (Phi) is 6.74. The third-order valence-corrected chi connectivity index (χ3v) is 5.71. The Hall–Kier alpha value is -3.13. The number of halogens is 3. The van der Waals surface area contributed by atoms with Crippen LogP contribution in [0.4, 0.5) is 13.2 Å². The van der Waals surface area contributed by atoms with E-state index in [0.717, 1.165) is 25.9 Å². The van der Waals surface area contributed by atoms with Crippen LogP contribution in [0.25, 0.3) is 28.6 Å². The Labute approximate surface area is 185 Å². The molecule has 0 amide bonds. The summed E-state index contributed by atoms with van der Waals surface area (Å²) in [6, 6.07) is 4.77. The fourth-order valence-electron chi connectivity index (χ4n) is 3.71. The second kappa shape index (κ2) is 9.16. The molecule has 32 heavy (non-hydrogen) atoms. The largest absolute Gasteiger partial charge is 0.417 e. The molecule has 170 valence electrons. The van der Waals surface area contributed by atoms with Gasteiger partial charge in [0.15, 0.2) is 0 Å². The zero-order valence-electron chi connectivity index (χ0n) is 18.3. The van der Waals surface area contributed by atoms with Gasteiger partial charge in [-0.15, -0.1) is 0 Å². The highest BCUT2D eigenvalue weighted by Gasteiger charge is 2.36. The van der Waals surface area contributed by atoms with Gasteiger partial charge in [-0.1, -0.05) is 25.8 Å². The van der Waals surface area contributed by atoms with E-state index in [-0.39, 0.29) is 28.6 Å². The lowest BCUT2D eigenvalue weighted by atomic mass is 9.96. The quantitative estimate of drug-likeness (QED) is 0.721. The van der Waals surface area contributed by atoms with Crippen molar-refractivity contribution in [2.75, 3.05) is 20.1 Å². The number of nitrogens with zero attached hydrogens (tertiary/aromatic N) is 3. The van der Waals surface area contributed by atoms with Crippen LogP contribution in [0.5, 0.6) is 0 Å². The van der Waals surface area contributed by atoms with Gasteiger partial charge in [0.1, 0.15) is 0 Å². The fourth-order valence-corrected chi connectivity index (χ4v) is 3.71. The van der Waals surface area contributed by atoms with E-state index in [1.54, 1.807) is 25.4 Å². The number of likely N-dealkylation sites (tertiary alicyclic amines) is 1. The van der Waals surface area contributed by atoms with Crippen LogP contribution < -0.4 is 10.9 Å². The summed E-state index contributed by atoms with van der Waals surface area (Å²) in [5, 5.41) is 3.36. The van der Waals surface area contributed by atoms with Crippen molar-refractivity contribution in [3.05, 3.63) is 71.3 Å². The zero-order chi connectivity index (χ0) is 23.6. The molecule has 8 heteroatoms. The lowest BCUT2D eigenvalue weighted by Crippen LogP contribution is -2.40. The van der Waals surface area contributed by atoms with E-state index in [1.165, 1.54) is 16.7 Å². The lowest BCUT2D eigenvalue weighted by molar-refractivity contribution is -0.0689. The van der Waals surface area contributed by atoms with Crippen LogP contribution in [-0.2, 0) is 7.05 Å². The van der Waals surface area contributed by atoms with Gasteiger partial charge >= 0.3 is 6.18 Å². The van der Waals surface area contributed by atoms with Crippen LogP contribution in [0.15, 0.2) is 48.9 Å². The first-order valence-electron chi connectivity index (χ1n) is 10.3. The van der Waals surface area contributed by atoms with Gasteiger partial charge in [-0.05, 0) is 45.1 Å². The van der Waals surface area contributed by atoms with Gasteiger partial charge in [-0.25, -0.2) is 4.98 Å². The summed E-state index contributed by atoms with van der Waals surface area (Å²) in [6.07, 6.45) is 0.00578. The molecular formula is C24H27F3N4O. The molecular weight excluding hydrogens is 417 g/mol. The molecule has 0 aromatic carbocycles. The molecule has 0 bridgehead atoms. The summed E-state index contributed by atoms with van der Waals surface area (Å²) < 4.78 is 42.1. The minimum Gasteiger partial charge on any atom is -0.382 e. The molecule has 2 aromatic heterocycles. The molecule has 2 aromatic rings. The number of pyridine rings is 2. The normalized spacial score (nSPS) is 15.4. The lowest BCUT2D eigenvalue weighted by Gasteiger charge is -2.31. The van der Waals surface area contributed by atoms with Gasteiger partial charge in [-0.3, -0.25) is 4.79 Å². The highest BCUT2D eigenvalue weighted by atomic mass is 19.4. The summed E-state index contributed by atoms with van der Waals surface area (Å²) in [6.45, 7) is 12.9. The molecule has 1 aliphatic rings. The monoisotopic (exact) mass is 444 g/mol. The molecule has 3 rings (SSSR count). The molecule has 5 nitrogen and oxygen atoms in total. The Balaban J connectivity index is 2.12. The van der Waals surface area contributed by atoms with Crippen molar-refractivity contribution in [3.8, 4) is 11.3 Å². The van der Waals surface area contributed by atoms with Gasteiger partial charge in [0.25, 0.3) is 5.56 Å². The van der Waals surface area contributed by atoms with Crippen LogP contribution in [-0.4, -0.2) is 46.8 Å². The van der Waals surface area contributed by atoms with Gasteiger partial charge in [0, 0.05) is 47.7 Å². The highest BCUT2D eigenvalue weighted by Crippen LogP contribution is 2.37. The molecule has 0 aliphatic carbocycles. The van der Waals surface area contributed by atoms with E-state index in [2.05, 4.69) is 42.0 Å². The van der Waals surface area contributed by atoms with Gasteiger partial charge in [-0.2, -0.15) is 13.2 Å². The van der Waals surface area contributed by atoms with Crippen LogP contribution in [0, 0.1) is 0 Å². The highest BCUT2D eigenvalue weighted by molar-refractivity contribution is 5.83. The second-order valence-electron chi connectivity index (χ2n) is 8.06. The topological polar surface area (TPSA) is 50.2 Å². The maximum absolute atomic E-state index is 13.6. The van der Waals surface area contributed by atoms with E-state index >= 15 is 0 Å². The van der Waals surface area contributed by atoms with Crippen LogP contribution in [0.3, 0.4) is 0 Å². The maximum Gasteiger partial charge on any atom is 0.417 e. The molecule has 0 saturated carbocycles. The van der Waals surface area contributed by atoms with Crippen molar-refractivity contribution < 1.29 is 13.2 Å². The Morgan fingerprint density at radius 2 is 1.88 bits per heavy atom. The minimum absolute atomic E-state index is 0.159. The van der Waals surface area contributed by atoms with Crippen molar-refractivity contribution in [2.45, 2.75) is 25.1 Å². The molecule has 0 spiro atoms. The summed E-state index contributed by atoms with van der Waals surface area (Å²) >= 11 is 0. The number of alkyl halides is 3. The SMILES string of the molecule is C=Cc1c(C(=C)NC2CCN(C)CC2)cc(-c2ccn(C)c(=O)c2)nc1C(=C)C(F)(F)F. The molecule has 1 saturated heterocycles. The van der Waals surface area contributed by atoms with E-state index in [1.807, 2.05) is 0 Å². The third kappa shape index (κ3) is 5.02. The molecule has 0 radical (unpaired) electrons. The summed E-state index contributed by atoms with van der Waals surface area (Å²) in [7, 11) is 3.64. The average molecular weight is 445 g/mol. The molecule has 1 fully saturated rings. The number of nitrogens with one attached hydrogen (secondary N) is 1. The number of piperidine rings is 1. The van der Waals surface area contributed by atoms with Crippen molar-refractivity contribution in [2.24, 2.45) is 7.05 Å². The predicted molar refractivity (Wildman–Crippen MR) is 123 cm³/mol. The first-order chi connectivity index (χ1) is 15.0. The van der Waals surface area contributed by atoms with E-state index in [9.17, 15) is 18.0 Å². The van der Waals surface area contributed by atoms with Gasteiger partial charge < -0.3 is 14.8 Å². The average Bonchev–Trinajstić information content (AvgIpc) is 2.75. The first-order valence-corrected chi connectivity index (χ1v) is 10.3. The maximum atomic E-state index is 13.6. The van der Waals surface area contributed by atoms with Crippen molar-refractivity contribution in [1.82, 2.24) is 19.8 Å². The molecule has 0 unspecified atom stereocenters. The molecule has 1 N–H and O–H groups in total. The second-order valence-corrected chi connectivity index (χ2v) is 8.06. The molecule has 0 atom stereocenters. The van der Waals surface area contributed by atoms with Crippen LogP contribution in [0.1, 0.15) is 29.7 Å². The molecule has 3 heterocycles. The number of hydrogen-bond donors (Lipinski definition) is 1. The van der Waals surface area contributed by atoms with E-state index in [0.29, 0.717) is 16.8 Å². The van der Waals surface area contributed by atoms with Crippen molar-refractivity contribution in [3.63, 3.8) is 0 Å². The van der Waals surface area contributed by atoms with Crippen LogP contribution in [0.2, 0.25) is 0 Å². The Bertz CT molecular complexity index is 1110. The zero-order valence-corrected chi connectivity index (χ0v) is 18.3. The van der Waals surface area contributed by atoms with Crippen molar-refractivity contribution in [1.29, 1.82) is 0 Å². The van der Waals surface area contributed by atoms with E-state index < -0.39 is 11.7 Å². The van der Waals surface area contributed by atoms with Crippen LogP contribution >= 0.6 is 0 Å². The third-order valence-electron chi connectivity index (χ3n) is 5.71. The smallest absolute Gasteiger partial charge is 0.382 e. The van der Waals surface area contributed by atoms with Gasteiger partial charge in [0.2, 0.25) is 0 Å². The Morgan fingerprint density at radius 1 is 1.22 bits per heavy atom. The minimum atomic E-state index is -4.67. The molecule has 1 aliphatic heterocycles. The summed E-state index contributed by atoms with van der Waals surface area (Å²) in [5.41, 5.74) is 0.0772. The Morgan fingerprint density at radius 3 is 2.44 bits per heavy atom. The number of rotatable bonds is 6. The number of aryl methyl sites for hydroxylation is 1. The number of aromatic nitrogens is 2. The summed E-state index contributed by atoms with van der Waals surface area (Å²) in [5.74, 6) is 0. The number of allylic oxidation sites excluding steroid dienone is 1.